The van der Waals surface area contributed by atoms with Crippen molar-refractivity contribution in [2.24, 2.45) is 0 Å². The van der Waals surface area contributed by atoms with Crippen LogP contribution in [0.2, 0.25) is 0 Å². The minimum absolute atomic E-state index is 1.15. The molecule has 0 aliphatic rings. The molecule has 0 fully saturated rings. The molecule has 3 heteroatoms. The maximum atomic E-state index is 2.55. The van der Waals surface area contributed by atoms with Gasteiger partial charge in [-0.05, 0) is 73.8 Å². The molecule has 2 heterocycles. The average molecular weight is 819 g/mol. The standard InChI is InChI=1S/C60H42N2Si/c1-5-23-43(24-6-1)47-31-13-14-32-48(47)49-33-15-18-36-52(49)61-53-37-19-16-34-50(53)59-55(61)39-21-40-56(59)62-54-38-20-17-35-51(54)60-57(62)41-22-42-58(60)63(44-25-7-2-8-26-44,45-27-9-3-10-28-45)46-29-11-4-12-30-46/h1-42H. The summed E-state index contributed by atoms with van der Waals surface area (Å²) in [5.41, 5.74) is 11.9. The zero-order valence-electron chi connectivity index (χ0n) is 34.6. The fourth-order valence-electron chi connectivity index (χ4n) is 10.6. The summed E-state index contributed by atoms with van der Waals surface area (Å²) < 4.78 is 5.03. The van der Waals surface area contributed by atoms with E-state index in [4.69, 9.17) is 0 Å². The number of para-hydroxylation sites is 3. The minimum Gasteiger partial charge on any atom is -0.309 e. The molecular formula is C60H42N2Si. The second kappa shape index (κ2) is 15.2. The Hall–Kier alpha value is -7.98. The second-order valence-electron chi connectivity index (χ2n) is 16.4. The van der Waals surface area contributed by atoms with Gasteiger partial charge >= 0.3 is 0 Å². The lowest BCUT2D eigenvalue weighted by Gasteiger charge is -2.35. The lowest BCUT2D eigenvalue weighted by molar-refractivity contribution is 1.17. The Bertz CT molecular complexity index is 3510. The van der Waals surface area contributed by atoms with Gasteiger partial charge in [-0.3, -0.25) is 0 Å². The largest absolute Gasteiger partial charge is 0.309 e. The minimum atomic E-state index is -2.89. The predicted molar refractivity (Wildman–Crippen MR) is 270 cm³/mol. The maximum absolute atomic E-state index is 2.89. The van der Waals surface area contributed by atoms with Gasteiger partial charge in [-0.1, -0.05) is 218 Å². The SMILES string of the molecule is c1ccc(-c2ccccc2-c2ccccc2-n2c3ccccc3c3c(-n4c5ccccc5c5c([Si](c6ccccc6)(c6ccccc6)c6ccccc6)cccc54)cccc32)cc1. The first kappa shape index (κ1) is 36.8. The summed E-state index contributed by atoms with van der Waals surface area (Å²) in [4.78, 5) is 0. The van der Waals surface area contributed by atoms with Gasteiger partial charge in [0.15, 0.2) is 8.07 Å². The van der Waals surface area contributed by atoms with Crippen LogP contribution in [-0.2, 0) is 0 Å². The van der Waals surface area contributed by atoms with Crippen molar-refractivity contribution in [3.63, 3.8) is 0 Å². The molecule has 296 valence electrons. The molecule has 10 aromatic carbocycles. The van der Waals surface area contributed by atoms with Crippen molar-refractivity contribution >= 4 is 72.4 Å². The molecule has 2 aromatic heterocycles. The molecule has 0 spiro atoms. The molecule has 0 bridgehead atoms. The van der Waals surface area contributed by atoms with E-state index >= 15 is 0 Å². The van der Waals surface area contributed by atoms with E-state index in [2.05, 4.69) is 264 Å². The number of hydrogen-bond donors (Lipinski definition) is 0. The first-order valence-electron chi connectivity index (χ1n) is 21.8. The van der Waals surface area contributed by atoms with Crippen molar-refractivity contribution in [1.29, 1.82) is 0 Å². The molecule has 0 unspecified atom stereocenters. The number of rotatable bonds is 8. The summed E-state index contributed by atoms with van der Waals surface area (Å²) in [6.45, 7) is 0. The van der Waals surface area contributed by atoms with E-state index in [0.29, 0.717) is 0 Å². The predicted octanol–water partition coefficient (Wildman–Crippen LogP) is 12.6. The molecule has 2 nitrogen and oxygen atoms in total. The molecule has 0 amide bonds. The van der Waals surface area contributed by atoms with Gasteiger partial charge in [0.2, 0.25) is 0 Å². The monoisotopic (exact) mass is 818 g/mol. The van der Waals surface area contributed by atoms with Crippen LogP contribution in [0.15, 0.2) is 255 Å². The van der Waals surface area contributed by atoms with Crippen LogP contribution in [0.3, 0.4) is 0 Å². The van der Waals surface area contributed by atoms with Gasteiger partial charge in [0.1, 0.15) is 0 Å². The third-order valence-corrected chi connectivity index (χ3v) is 17.9. The normalized spacial score (nSPS) is 11.8. The van der Waals surface area contributed by atoms with Crippen LogP contribution in [0.5, 0.6) is 0 Å². The fourth-order valence-corrected chi connectivity index (χ4v) is 15.5. The highest BCUT2D eigenvalue weighted by atomic mass is 28.3. The number of nitrogens with zero attached hydrogens (tertiary/aromatic N) is 2. The van der Waals surface area contributed by atoms with E-state index in [9.17, 15) is 0 Å². The molecule has 0 aliphatic carbocycles. The summed E-state index contributed by atoms with van der Waals surface area (Å²) in [5.74, 6) is 0. The van der Waals surface area contributed by atoms with E-state index in [0.717, 1.165) is 5.69 Å². The van der Waals surface area contributed by atoms with E-state index in [-0.39, 0.29) is 0 Å². The van der Waals surface area contributed by atoms with Crippen LogP contribution >= 0.6 is 0 Å². The summed E-state index contributed by atoms with van der Waals surface area (Å²) in [6.07, 6.45) is 0. The number of benzene rings is 10. The summed E-state index contributed by atoms with van der Waals surface area (Å²) >= 11 is 0. The van der Waals surface area contributed by atoms with E-state index in [1.807, 2.05) is 0 Å². The van der Waals surface area contributed by atoms with Gasteiger partial charge in [0.05, 0.1) is 33.4 Å². The van der Waals surface area contributed by atoms with E-state index < -0.39 is 8.07 Å². The third-order valence-electron chi connectivity index (χ3n) is 13.1. The molecule has 0 atom stereocenters. The molecule has 0 radical (unpaired) electrons. The Balaban J connectivity index is 1.17. The number of hydrogen-bond acceptors (Lipinski definition) is 0. The Morgan fingerprint density at radius 1 is 0.254 bits per heavy atom. The van der Waals surface area contributed by atoms with Crippen molar-refractivity contribution in [2.45, 2.75) is 0 Å². The Labute approximate surface area is 368 Å². The third kappa shape index (κ3) is 5.71. The van der Waals surface area contributed by atoms with Gasteiger partial charge in [-0.15, -0.1) is 0 Å². The molecular weight excluding hydrogens is 777 g/mol. The molecule has 0 saturated heterocycles. The Morgan fingerprint density at radius 2 is 0.651 bits per heavy atom. The highest BCUT2D eigenvalue weighted by molar-refractivity contribution is 7.20. The van der Waals surface area contributed by atoms with Crippen molar-refractivity contribution in [2.75, 3.05) is 0 Å². The Morgan fingerprint density at radius 3 is 1.25 bits per heavy atom. The summed E-state index contributed by atoms with van der Waals surface area (Å²) in [5, 5.41) is 10.5. The zero-order valence-corrected chi connectivity index (χ0v) is 35.6. The summed E-state index contributed by atoms with van der Waals surface area (Å²) in [7, 11) is -2.89. The molecule has 12 rings (SSSR count). The molecule has 0 aliphatic heterocycles. The lowest BCUT2D eigenvalue weighted by Crippen LogP contribution is -2.74. The van der Waals surface area contributed by atoms with Crippen LogP contribution in [0.1, 0.15) is 0 Å². The van der Waals surface area contributed by atoms with Gasteiger partial charge in [0.25, 0.3) is 0 Å². The highest BCUT2D eigenvalue weighted by Crippen LogP contribution is 2.43. The maximum Gasteiger partial charge on any atom is 0.180 e. The first-order valence-corrected chi connectivity index (χ1v) is 23.8. The quantitative estimate of drug-likeness (QED) is 0.107. The summed E-state index contributed by atoms with van der Waals surface area (Å²) in [6, 6.07) is 94.2. The van der Waals surface area contributed by atoms with Crippen molar-refractivity contribution in [3.8, 4) is 33.6 Å². The topological polar surface area (TPSA) is 9.86 Å². The van der Waals surface area contributed by atoms with Crippen LogP contribution in [-0.4, -0.2) is 17.2 Å². The lowest BCUT2D eigenvalue weighted by atomic mass is 9.93. The van der Waals surface area contributed by atoms with E-state index in [1.165, 1.54) is 92.3 Å². The van der Waals surface area contributed by atoms with Crippen LogP contribution in [0, 0.1) is 0 Å². The van der Waals surface area contributed by atoms with E-state index in [1.54, 1.807) is 0 Å². The van der Waals surface area contributed by atoms with Crippen LogP contribution in [0.4, 0.5) is 0 Å². The van der Waals surface area contributed by atoms with Crippen molar-refractivity contribution in [1.82, 2.24) is 9.13 Å². The van der Waals surface area contributed by atoms with Crippen LogP contribution in [0.25, 0.3) is 77.2 Å². The average Bonchev–Trinajstić information content (AvgIpc) is 3.89. The number of aromatic nitrogens is 2. The van der Waals surface area contributed by atoms with Crippen molar-refractivity contribution < 1.29 is 0 Å². The first-order chi connectivity index (χ1) is 31.3. The molecule has 0 saturated carbocycles. The fraction of sp³-hybridized carbons (Fsp3) is 0. The van der Waals surface area contributed by atoms with Crippen molar-refractivity contribution in [3.05, 3.63) is 255 Å². The Kier molecular flexibility index (Phi) is 8.87. The number of fused-ring (bicyclic) bond motifs is 6. The van der Waals surface area contributed by atoms with Gasteiger partial charge in [0, 0.05) is 27.1 Å². The molecule has 12 aromatic rings. The van der Waals surface area contributed by atoms with Gasteiger partial charge in [-0.25, -0.2) is 0 Å². The second-order valence-corrected chi connectivity index (χ2v) is 20.1. The smallest absolute Gasteiger partial charge is 0.180 e. The van der Waals surface area contributed by atoms with Crippen LogP contribution < -0.4 is 20.7 Å². The molecule has 63 heavy (non-hydrogen) atoms. The highest BCUT2D eigenvalue weighted by Gasteiger charge is 2.43. The van der Waals surface area contributed by atoms with Gasteiger partial charge < -0.3 is 9.13 Å². The zero-order chi connectivity index (χ0) is 41.7. The van der Waals surface area contributed by atoms with Gasteiger partial charge in [-0.2, -0.15) is 0 Å². The molecule has 0 N–H and O–H groups in total.